The Kier molecular flexibility index (Phi) is 3.97. The Balaban J connectivity index is 1.37. The van der Waals surface area contributed by atoms with E-state index >= 15 is 0 Å². The molecule has 1 aliphatic rings. The van der Waals surface area contributed by atoms with Gasteiger partial charge in [0, 0.05) is 15.2 Å². The van der Waals surface area contributed by atoms with Crippen LogP contribution in [-0.2, 0) is 0 Å². The summed E-state index contributed by atoms with van der Waals surface area (Å²) < 4.78 is 0. The van der Waals surface area contributed by atoms with E-state index in [4.69, 9.17) is 0 Å². The monoisotopic (exact) mass is 460 g/mol. The molecule has 1 heteroatoms. The van der Waals surface area contributed by atoms with Crippen LogP contribution in [0.4, 0.5) is 0 Å². The predicted octanol–water partition coefficient (Wildman–Crippen LogP) is 10.1. The Morgan fingerprint density at radius 2 is 1.14 bits per heavy atom. The molecule has 0 bridgehead atoms. The molecular weight excluding hydrogens is 440 g/mol. The summed E-state index contributed by atoms with van der Waals surface area (Å²) in [6.07, 6.45) is 0. The van der Waals surface area contributed by atoms with Crippen LogP contribution in [0.25, 0.3) is 65.3 Å². The van der Waals surface area contributed by atoms with Crippen molar-refractivity contribution in [3.8, 4) is 22.3 Å². The molecule has 7 aromatic carbocycles. The van der Waals surface area contributed by atoms with E-state index in [1.54, 1.807) is 0 Å². The van der Waals surface area contributed by atoms with Gasteiger partial charge in [-0.25, -0.2) is 0 Å². The summed E-state index contributed by atoms with van der Waals surface area (Å²) in [5.74, 6) is 0. The molecule has 0 spiro atoms. The second kappa shape index (κ2) is 7.21. The number of hydrogen-bond acceptors (Lipinski definition) is 1. The van der Waals surface area contributed by atoms with Crippen molar-refractivity contribution < 1.29 is 0 Å². The van der Waals surface area contributed by atoms with Crippen LogP contribution < -0.4 is 0 Å². The largest absolute Gasteiger partial charge is 0.0888 e. The normalized spacial score (nSPS) is 12.5. The topological polar surface area (TPSA) is 0 Å². The second-order valence-corrected chi connectivity index (χ2v) is 10.4. The summed E-state index contributed by atoms with van der Waals surface area (Å²) in [4.78, 5) is 2.68. The van der Waals surface area contributed by atoms with Crippen molar-refractivity contribution >= 4 is 54.9 Å². The minimum atomic E-state index is 1.27. The SMILES string of the molecule is c1ccc2cc3c(ccc4c(-c5ccc6c(c5)-c5cccc7cccc(c57)S6)cccc43)cc2c1. The molecular formula is C34H20S. The third-order valence-corrected chi connectivity index (χ3v) is 8.55. The molecule has 0 saturated heterocycles. The van der Waals surface area contributed by atoms with Crippen molar-refractivity contribution in [1.29, 1.82) is 0 Å². The highest BCUT2D eigenvalue weighted by Crippen LogP contribution is 2.49. The molecule has 0 aliphatic carbocycles. The van der Waals surface area contributed by atoms with Crippen LogP contribution in [0.1, 0.15) is 0 Å². The molecule has 0 aromatic heterocycles. The van der Waals surface area contributed by atoms with E-state index in [0.717, 1.165) is 0 Å². The molecule has 0 saturated carbocycles. The van der Waals surface area contributed by atoms with Gasteiger partial charge in [-0.15, -0.1) is 0 Å². The van der Waals surface area contributed by atoms with Crippen molar-refractivity contribution in [1.82, 2.24) is 0 Å². The van der Waals surface area contributed by atoms with Crippen molar-refractivity contribution in [2.75, 3.05) is 0 Å². The molecule has 162 valence electrons. The maximum Gasteiger partial charge on any atom is 0.0207 e. The zero-order valence-corrected chi connectivity index (χ0v) is 19.8. The summed E-state index contributed by atoms with van der Waals surface area (Å²) in [5, 5.41) is 10.5. The summed E-state index contributed by atoms with van der Waals surface area (Å²) in [6.45, 7) is 0. The maximum absolute atomic E-state index is 2.40. The van der Waals surface area contributed by atoms with Crippen LogP contribution in [0.2, 0.25) is 0 Å². The van der Waals surface area contributed by atoms with E-state index in [-0.39, 0.29) is 0 Å². The van der Waals surface area contributed by atoms with Gasteiger partial charge in [0.25, 0.3) is 0 Å². The summed E-state index contributed by atoms with van der Waals surface area (Å²) in [7, 11) is 0. The first-order valence-electron chi connectivity index (χ1n) is 12.0. The van der Waals surface area contributed by atoms with Gasteiger partial charge in [0.15, 0.2) is 0 Å². The van der Waals surface area contributed by atoms with Crippen LogP contribution in [-0.4, -0.2) is 0 Å². The van der Waals surface area contributed by atoms with E-state index in [2.05, 4.69) is 121 Å². The standard InChI is InChI=1S/C34H20S/c1-2-7-23-19-30-24(18-22(23)6-1)14-16-28-26(10-5-11-27(28)30)25-15-17-32-31(20-25)29-12-3-8-21-9-4-13-33(35-32)34(21)29/h1-20H. The van der Waals surface area contributed by atoms with Gasteiger partial charge in [-0.05, 0) is 90.3 Å². The van der Waals surface area contributed by atoms with E-state index in [9.17, 15) is 0 Å². The molecule has 8 rings (SSSR count). The molecule has 0 unspecified atom stereocenters. The lowest BCUT2D eigenvalue weighted by atomic mass is 9.91. The Hall–Kier alpha value is -4.07. The lowest BCUT2D eigenvalue weighted by Crippen LogP contribution is -1.93. The van der Waals surface area contributed by atoms with Crippen LogP contribution >= 0.6 is 11.8 Å². The van der Waals surface area contributed by atoms with E-state index in [1.807, 2.05) is 11.8 Å². The first-order valence-corrected chi connectivity index (χ1v) is 12.8. The van der Waals surface area contributed by atoms with Crippen LogP contribution in [0.15, 0.2) is 131 Å². The van der Waals surface area contributed by atoms with Crippen LogP contribution in [0, 0.1) is 0 Å². The quantitative estimate of drug-likeness (QED) is 0.173. The highest BCUT2D eigenvalue weighted by atomic mass is 32.2. The molecule has 1 heterocycles. The van der Waals surface area contributed by atoms with E-state index < -0.39 is 0 Å². The third kappa shape index (κ3) is 2.82. The molecule has 0 atom stereocenters. The molecule has 7 aromatic rings. The van der Waals surface area contributed by atoms with Crippen molar-refractivity contribution in [3.63, 3.8) is 0 Å². The fourth-order valence-electron chi connectivity index (χ4n) is 5.77. The maximum atomic E-state index is 2.40. The molecule has 1 aliphatic heterocycles. The number of rotatable bonds is 1. The minimum Gasteiger partial charge on any atom is -0.0888 e. The Labute approximate surface area is 207 Å². The number of hydrogen-bond donors (Lipinski definition) is 0. The Bertz CT molecular complexity index is 1970. The van der Waals surface area contributed by atoms with Crippen LogP contribution in [0.5, 0.6) is 0 Å². The van der Waals surface area contributed by atoms with Crippen LogP contribution in [0.3, 0.4) is 0 Å². The molecule has 0 nitrogen and oxygen atoms in total. The minimum absolute atomic E-state index is 1.27. The van der Waals surface area contributed by atoms with Crippen molar-refractivity contribution in [2.24, 2.45) is 0 Å². The smallest absolute Gasteiger partial charge is 0.0207 e. The molecule has 0 fully saturated rings. The first-order chi connectivity index (χ1) is 17.3. The summed E-state index contributed by atoms with van der Waals surface area (Å²) in [6, 6.07) is 44.9. The number of benzene rings is 7. The molecule has 35 heavy (non-hydrogen) atoms. The van der Waals surface area contributed by atoms with Crippen molar-refractivity contribution in [2.45, 2.75) is 9.79 Å². The lowest BCUT2D eigenvalue weighted by Gasteiger charge is -2.21. The zero-order chi connectivity index (χ0) is 22.9. The van der Waals surface area contributed by atoms with Gasteiger partial charge in [-0.3, -0.25) is 0 Å². The highest BCUT2D eigenvalue weighted by Gasteiger charge is 2.19. The van der Waals surface area contributed by atoms with E-state index in [0.29, 0.717) is 0 Å². The van der Waals surface area contributed by atoms with E-state index in [1.165, 1.54) is 75.1 Å². The fourth-order valence-corrected chi connectivity index (χ4v) is 6.89. The fraction of sp³-hybridized carbons (Fsp3) is 0. The second-order valence-electron chi connectivity index (χ2n) is 9.36. The zero-order valence-electron chi connectivity index (χ0n) is 19.0. The Morgan fingerprint density at radius 3 is 2.06 bits per heavy atom. The van der Waals surface area contributed by atoms with Gasteiger partial charge >= 0.3 is 0 Å². The van der Waals surface area contributed by atoms with Gasteiger partial charge in [0.05, 0.1) is 0 Å². The average molecular weight is 461 g/mol. The van der Waals surface area contributed by atoms with Gasteiger partial charge in [0.1, 0.15) is 0 Å². The molecule has 0 N–H and O–H groups in total. The summed E-state index contributed by atoms with van der Waals surface area (Å²) in [5.41, 5.74) is 5.23. The number of fused-ring (bicyclic) bond motifs is 6. The lowest BCUT2D eigenvalue weighted by molar-refractivity contribution is 1.40. The van der Waals surface area contributed by atoms with Gasteiger partial charge in [0.2, 0.25) is 0 Å². The average Bonchev–Trinajstić information content (AvgIpc) is 2.92. The van der Waals surface area contributed by atoms with Gasteiger partial charge < -0.3 is 0 Å². The van der Waals surface area contributed by atoms with Gasteiger partial charge in [-0.1, -0.05) is 103 Å². The third-order valence-electron chi connectivity index (χ3n) is 7.41. The highest BCUT2D eigenvalue weighted by molar-refractivity contribution is 7.99. The molecule has 0 radical (unpaired) electrons. The van der Waals surface area contributed by atoms with Gasteiger partial charge in [-0.2, -0.15) is 0 Å². The predicted molar refractivity (Wildman–Crippen MR) is 151 cm³/mol. The molecule has 0 amide bonds. The first kappa shape index (κ1) is 19.3. The van der Waals surface area contributed by atoms with Crippen molar-refractivity contribution in [3.05, 3.63) is 121 Å². The Morgan fingerprint density at radius 1 is 0.371 bits per heavy atom. The summed E-state index contributed by atoms with van der Waals surface area (Å²) >= 11 is 1.89.